The molecule has 2 aliphatic rings. The number of primary amides is 1. The van der Waals surface area contributed by atoms with Crippen LogP contribution in [0.4, 0.5) is 17.6 Å². The lowest BCUT2D eigenvalue weighted by Gasteiger charge is -2.31. The molecule has 1 amide bonds. The quantitative estimate of drug-likeness (QED) is 0.400. The van der Waals surface area contributed by atoms with Crippen LogP contribution in [0.15, 0.2) is 50.1 Å². The summed E-state index contributed by atoms with van der Waals surface area (Å²) in [4.78, 5) is 22.8. The molecule has 0 atom stereocenters. The molecule has 0 bridgehead atoms. The Morgan fingerprint density at radius 3 is 2.46 bits per heavy atom. The third-order valence-electron chi connectivity index (χ3n) is 3.41. The molecule has 2 aliphatic carbocycles. The van der Waals surface area contributed by atoms with Crippen LogP contribution in [0.1, 0.15) is 10.4 Å². The number of nitrogens with two attached hydrogens (primary N) is 1. The molecule has 0 aromatic heterocycles. The number of Topliss-reactive ketones (excluding diaryl/α,β-unsaturated/α-hetero) is 1. The first kappa shape index (κ1) is 18.2. The molecule has 5 nitrogen and oxygen atoms in total. The average Bonchev–Trinajstić information content (AvgIpc) is 2.55. The van der Waals surface area contributed by atoms with Crippen LogP contribution in [0.25, 0.3) is 0 Å². The topological polar surface area (TPSA) is 78.6 Å². The molecule has 1 aromatic carbocycles. The van der Waals surface area contributed by atoms with E-state index in [0.717, 1.165) is 18.2 Å². The zero-order valence-electron chi connectivity index (χ0n) is 12.4. The van der Waals surface area contributed by atoms with E-state index in [-0.39, 0.29) is 26.2 Å². The summed E-state index contributed by atoms with van der Waals surface area (Å²) in [5.41, 5.74) is 8.60. The molecular weight excluding hydrogens is 473 g/mol. The van der Waals surface area contributed by atoms with E-state index in [1.165, 1.54) is 0 Å². The van der Waals surface area contributed by atoms with E-state index in [9.17, 15) is 27.2 Å². The van der Waals surface area contributed by atoms with Crippen LogP contribution in [0, 0.1) is 0 Å². The smallest absolute Gasteiger partial charge is 0.387 e. The standard InChI is InChI=1S/C16H6F4INO4/c17-15(18)26-8-4-6(14(22)24)3-7(5-8)25-10-2-1-9-11(12(10)21)13(23)16(9,19)20/h3-5,15H,(H2,22,24). The van der Waals surface area contributed by atoms with Crippen molar-refractivity contribution in [2.24, 2.45) is 5.73 Å². The van der Waals surface area contributed by atoms with Gasteiger partial charge < -0.3 is 15.2 Å². The molecule has 1 aromatic rings. The summed E-state index contributed by atoms with van der Waals surface area (Å²) in [6.45, 7) is -3.15. The molecule has 134 valence electrons. The van der Waals surface area contributed by atoms with E-state index in [4.69, 9.17) is 10.5 Å². The number of rotatable bonds is 5. The van der Waals surface area contributed by atoms with Crippen molar-refractivity contribution >= 4 is 34.3 Å². The van der Waals surface area contributed by atoms with Crippen molar-refractivity contribution in [3.63, 3.8) is 0 Å². The largest absolute Gasteiger partial charge is 0.447 e. The predicted molar refractivity (Wildman–Crippen MR) is 87.3 cm³/mol. The summed E-state index contributed by atoms with van der Waals surface area (Å²) in [5, 5.41) is 0. The van der Waals surface area contributed by atoms with Crippen LogP contribution in [-0.2, 0) is 4.79 Å². The number of fused-ring (bicyclic) bond motifs is 1. The van der Waals surface area contributed by atoms with E-state index in [1.54, 1.807) is 22.6 Å². The van der Waals surface area contributed by atoms with Gasteiger partial charge in [-0.2, -0.15) is 17.6 Å². The van der Waals surface area contributed by atoms with Gasteiger partial charge in [0.1, 0.15) is 11.5 Å². The van der Waals surface area contributed by atoms with E-state index in [1.807, 2.05) is 0 Å². The normalized spacial score (nSPS) is 17.4. The van der Waals surface area contributed by atoms with E-state index < -0.39 is 35.5 Å². The van der Waals surface area contributed by atoms with E-state index in [0.29, 0.717) is 0 Å². The first-order valence-corrected chi connectivity index (χ1v) is 7.86. The van der Waals surface area contributed by atoms with Gasteiger partial charge in [0.15, 0.2) is 5.76 Å². The number of benzene rings is 1. The Morgan fingerprint density at radius 1 is 1.19 bits per heavy atom. The molecule has 3 rings (SSSR count). The zero-order valence-corrected chi connectivity index (χ0v) is 14.6. The minimum atomic E-state index is -3.62. The summed E-state index contributed by atoms with van der Waals surface area (Å²) in [5.74, 6) is -6.59. The molecular formula is C16H6F4INO4. The van der Waals surface area contributed by atoms with Gasteiger partial charge in [-0.15, -0.1) is 0 Å². The number of amides is 1. The van der Waals surface area contributed by atoms with Crippen LogP contribution >= 0.6 is 22.6 Å². The molecule has 0 spiro atoms. The summed E-state index contributed by atoms with van der Waals surface area (Å²) in [7, 11) is 0. The Kier molecular flexibility index (Phi) is 4.43. The van der Waals surface area contributed by atoms with Crippen LogP contribution in [0.2, 0.25) is 0 Å². The van der Waals surface area contributed by atoms with Gasteiger partial charge >= 0.3 is 12.5 Å². The second-order valence-corrected chi connectivity index (χ2v) is 6.16. The maximum atomic E-state index is 13.4. The Labute approximate surface area is 156 Å². The van der Waals surface area contributed by atoms with Gasteiger partial charge in [0.2, 0.25) is 11.7 Å². The fourth-order valence-electron chi connectivity index (χ4n) is 2.25. The summed E-state index contributed by atoms with van der Waals surface area (Å²) in [6.07, 6.45) is 0. The number of halogens is 5. The van der Waals surface area contributed by atoms with Gasteiger partial charge in [0.25, 0.3) is 0 Å². The maximum absolute atomic E-state index is 13.4. The Hall–Kier alpha value is -2.55. The van der Waals surface area contributed by atoms with Crippen molar-refractivity contribution in [2.75, 3.05) is 0 Å². The summed E-state index contributed by atoms with van der Waals surface area (Å²) in [6, 6.07) is 3.17. The number of hydrogen-bond acceptors (Lipinski definition) is 4. The van der Waals surface area contributed by atoms with Crippen LogP contribution < -0.4 is 15.2 Å². The molecule has 2 N–H and O–H groups in total. The molecule has 0 heterocycles. The second kappa shape index (κ2) is 6.31. The van der Waals surface area contributed by atoms with Gasteiger partial charge in [-0.1, -0.05) is 5.73 Å². The molecule has 0 saturated heterocycles. The van der Waals surface area contributed by atoms with Crippen molar-refractivity contribution in [3.8, 4) is 11.5 Å². The zero-order chi connectivity index (χ0) is 19.2. The molecule has 0 aliphatic heterocycles. The number of ether oxygens (including phenoxy) is 2. The molecule has 0 radical (unpaired) electrons. The molecule has 10 heteroatoms. The lowest BCUT2D eigenvalue weighted by molar-refractivity contribution is -0.139. The van der Waals surface area contributed by atoms with Crippen molar-refractivity contribution in [3.05, 3.63) is 55.7 Å². The lowest BCUT2D eigenvalue weighted by atomic mass is 9.79. The highest BCUT2D eigenvalue weighted by atomic mass is 127. The number of allylic oxidation sites excluding steroid dienone is 3. The van der Waals surface area contributed by atoms with E-state index in [2.05, 4.69) is 16.2 Å². The monoisotopic (exact) mass is 479 g/mol. The van der Waals surface area contributed by atoms with Crippen LogP contribution in [0.3, 0.4) is 0 Å². The molecule has 1 saturated carbocycles. The molecule has 1 fully saturated rings. The number of carbonyl (C=O) groups excluding carboxylic acids is 2. The molecule has 0 unspecified atom stereocenters. The molecule has 26 heavy (non-hydrogen) atoms. The highest BCUT2D eigenvalue weighted by molar-refractivity contribution is 14.1. The van der Waals surface area contributed by atoms with Crippen molar-refractivity contribution in [2.45, 2.75) is 12.5 Å². The van der Waals surface area contributed by atoms with Crippen LogP contribution in [-0.4, -0.2) is 24.2 Å². The van der Waals surface area contributed by atoms with Gasteiger partial charge in [-0.25, -0.2) is 0 Å². The first-order chi connectivity index (χ1) is 12.1. The average molecular weight is 479 g/mol. The second-order valence-electron chi connectivity index (χ2n) is 5.08. The summed E-state index contributed by atoms with van der Waals surface area (Å²) >= 11 is 1.62. The first-order valence-electron chi connectivity index (χ1n) is 6.78. The maximum Gasteiger partial charge on any atom is 0.387 e. The minimum Gasteiger partial charge on any atom is -0.447 e. The number of alkyl halides is 4. The third kappa shape index (κ3) is 3.03. The highest BCUT2D eigenvalue weighted by Gasteiger charge is 2.59. The number of hydrogen-bond donors (Lipinski definition) is 1. The van der Waals surface area contributed by atoms with Crippen LogP contribution in [0.5, 0.6) is 11.5 Å². The van der Waals surface area contributed by atoms with Gasteiger partial charge in [0.05, 0.1) is 14.7 Å². The lowest BCUT2D eigenvalue weighted by Crippen LogP contribution is -2.45. The third-order valence-corrected chi connectivity index (χ3v) is 4.43. The number of ketones is 1. The van der Waals surface area contributed by atoms with Gasteiger partial charge in [-0.05, 0) is 40.5 Å². The number of carbonyl (C=O) groups is 2. The van der Waals surface area contributed by atoms with Gasteiger partial charge in [-0.3, -0.25) is 9.59 Å². The Balaban J connectivity index is 2.01. The fourth-order valence-corrected chi connectivity index (χ4v) is 3.01. The SMILES string of the molecule is NC(=O)c1cc(OC2=C=C=C3C(=C2I)C(=O)C3(F)F)cc(OC(F)F)c1. The summed E-state index contributed by atoms with van der Waals surface area (Å²) < 4.78 is 61.2. The Morgan fingerprint density at radius 2 is 1.85 bits per heavy atom. The van der Waals surface area contributed by atoms with E-state index >= 15 is 0 Å². The predicted octanol–water partition coefficient (Wildman–Crippen LogP) is 3.25. The highest BCUT2D eigenvalue weighted by Crippen LogP contribution is 2.48. The minimum absolute atomic E-state index is 0.0491. The van der Waals surface area contributed by atoms with Crippen molar-refractivity contribution < 1.29 is 36.6 Å². The fraction of sp³-hybridized carbons (Fsp3) is 0.125. The van der Waals surface area contributed by atoms with Crippen molar-refractivity contribution in [1.82, 2.24) is 0 Å². The Bertz CT molecular complexity index is 986. The van der Waals surface area contributed by atoms with Crippen molar-refractivity contribution in [1.29, 1.82) is 0 Å². The van der Waals surface area contributed by atoms with Gasteiger partial charge in [0, 0.05) is 11.6 Å².